The summed E-state index contributed by atoms with van der Waals surface area (Å²) >= 11 is 0. The van der Waals surface area contributed by atoms with E-state index >= 15 is 0 Å². The minimum atomic E-state index is -0.864. The summed E-state index contributed by atoms with van der Waals surface area (Å²) in [4.78, 5) is 10.6. The Labute approximate surface area is 94.9 Å². The molecule has 0 saturated heterocycles. The van der Waals surface area contributed by atoms with E-state index in [1.807, 2.05) is 18.2 Å². The lowest BCUT2D eigenvalue weighted by Gasteiger charge is -2.04. The van der Waals surface area contributed by atoms with Crippen LogP contribution in [0.2, 0.25) is 0 Å². The summed E-state index contributed by atoms with van der Waals surface area (Å²) in [5, 5.41) is 8.68. The number of aliphatic carboxylic acids is 1. The molecule has 0 aliphatic heterocycles. The number of allylic oxidation sites excluding steroid dienone is 3. The molecule has 1 aromatic rings. The molecule has 0 spiro atoms. The quantitative estimate of drug-likeness (QED) is 0.768. The van der Waals surface area contributed by atoms with Crippen LogP contribution in [0.1, 0.15) is 24.0 Å². The normalized spacial score (nSPS) is 17.6. The summed E-state index contributed by atoms with van der Waals surface area (Å²) < 4.78 is 0. The smallest absolute Gasteiger partial charge is 0.328 e. The molecule has 2 nitrogen and oxygen atoms in total. The van der Waals surface area contributed by atoms with E-state index in [9.17, 15) is 4.79 Å². The molecule has 0 unspecified atom stereocenters. The minimum Gasteiger partial charge on any atom is -0.478 e. The fourth-order valence-corrected chi connectivity index (χ4v) is 2.07. The minimum absolute atomic E-state index is 0.829. The van der Waals surface area contributed by atoms with Crippen LogP contribution in [0.5, 0.6) is 0 Å². The van der Waals surface area contributed by atoms with Crippen molar-refractivity contribution >= 4 is 11.5 Å². The largest absolute Gasteiger partial charge is 0.478 e. The topological polar surface area (TPSA) is 37.3 Å². The lowest BCUT2D eigenvalue weighted by Crippen LogP contribution is -1.88. The Morgan fingerprint density at radius 1 is 1.31 bits per heavy atom. The van der Waals surface area contributed by atoms with Crippen molar-refractivity contribution in [3.8, 4) is 0 Å². The lowest BCUT2D eigenvalue weighted by molar-refractivity contribution is -0.131. The second-order valence-electron chi connectivity index (χ2n) is 4.04. The van der Waals surface area contributed by atoms with Crippen molar-refractivity contribution in [3.05, 3.63) is 53.1 Å². The molecule has 2 rings (SSSR count). The Morgan fingerprint density at radius 3 is 2.75 bits per heavy atom. The van der Waals surface area contributed by atoms with Crippen molar-refractivity contribution < 1.29 is 9.90 Å². The molecular weight excluding hydrogens is 200 g/mol. The Hall–Kier alpha value is -1.83. The van der Waals surface area contributed by atoms with Crippen LogP contribution in [0, 0.1) is 6.92 Å². The standard InChI is InChI=1S/C14H14O2/c1-10-4-2-3-5-13(10)12-7-6-11(8-12)9-14(15)16/h2-5,8-9H,6-7H2,1H3,(H,15,16)/b11-9+. The predicted octanol–water partition coefficient (Wildman–Crippen LogP) is 3.18. The first-order valence-corrected chi connectivity index (χ1v) is 5.37. The van der Waals surface area contributed by atoms with Gasteiger partial charge in [-0.2, -0.15) is 0 Å². The van der Waals surface area contributed by atoms with Crippen LogP contribution < -0.4 is 0 Å². The van der Waals surface area contributed by atoms with Crippen LogP contribution in [0.4, 0.5) is 0 Å². The number of carboxylic acids is 1. The van der Waals surface area contributed by atoms with Crippen molar-refractivity contribution in [2.24, 2.45) is 0 Å². The molecule has 0 aromatic heterocycles. The first kappa shape index (κ1) is 10.7. The van der Waals surface area contributed by atoms with Gasteiger partial charge in [0.1, 0.15) is 0 Å². The fourth-order valence-electron chi connectivity index (χ4n) is 2.07. The third kappa shape index (κ3) is 2.22. The molecule has 1 N–H and O–H groups in total. The zero-order valence-corrected chi connectivity index (χ0v) is 9.23. The van der Waals surface area contributed by atoms with Crippen LogP contribution in [0.25, 0.3) is 5.57 Å². The number of hydrogen-bond donors (Lipinski definition) is 1. The average Bonchev–Trinajstić information content (AvgIpc) is 2.66. The van der Waals surface area contributed by atoms with Crippen molar-refractivity contribution in [1.82, 2.24) is 0 Å². The van der Waals surface area contributed by atoms with Crippen LogP contribution >= 0.6 is 0 Å². The highest BCUT2D eigenvalue weighted by atomic mass is 16.4. The molecule has 1 aromatic carbocycles. The molecule has 0 heterocycles. The number of benzene rings is 1. The number of carboxylic acid groups (broad SMARTS) is 1. The second-order valence-corrected chi connectivity index (χ2v) is 4.04. The number of rotatable bonds is 2. The van der Waals surface area contributed by atoms with Crippen molar-refractivity contribution in [3.63, 3.8) is 0 Å². The molecule has 82 valence electrons. The van der Waals surface area contributed by atoms with Gasteiger partial charge in [-0.3, -0.25) is 0 Å². The van der Waals surface area contributed by atoms with Crippen LogP contribution in [0.15, 0.2) is 42.0 Å². The van der Waals surface area contributed by atoms with E-state index in [4.69, 9.17) is 5.11 Å². The molecule has 2 heteroatoms. The van der Waals surface area contributed by atoms with E-state index in [1.165, 1.54) is 22.8 Å². The predicted molar refractivity (Wildman–Crippen MR) is 64.1 cm³/mol. The van der Waals surface area contributed by atoms with Gasteiger partial charge in [-0.25, -0.2) is 4.79 Å². The maximum absolute atomic E-state index is 10.6. The van der Waals surface area contributed by atoms with Gasteiger partial charge in [0.15, 0.2) is 0 Å². The highest BCUT2D eigenvalue weighted by Gasteiger charge is 2.13. The Balaban J connectivity index is 2.32. The van der Waals surface area contributed by atoms with Gasteiger partial charge in [0.2, 0.25) is 0 Å². The van der Waals surface area contributed by atoms with Crippen molar-refractivity contribution in [2.45, 2.75) is 19.8 Å². The first-order chi connectivity index (χ1) is 7.66. The van der Waals surface area contributed by atoms with E-state index < -0.39 is 5.97 Å². The molecule has 1 aliphatic carbocycles. The van der Waals surface area contributed by atoms with Crippen LogP contribution in [-0.2, 0) is 4.79 Å². The van der Waals surface area contributed by atoms with Gasteiger partial charge in [0.25, 0.3) is 0 Å². The SMILES string of the molecule is Cc1ccccc1C1=C/C(=C/C(=O)O)CC1. The van der Waals surface area contributed by atoms with Gasteiger partial charge in [-0.05, 0) is 42.0 Å². The molecule has 0 saturated carbocycles. The second kappa shape index (κ2) is 4.35. The summed E-state index contributed by atoms with van der Waals surface area (Å²) in [6.07, 6.45) is 5.06. The third-order valence-electron chi connectivity index (χ3n) is 2.84. The molecule has 0 amide bonds. The summed E-state index contributed by atoms with van der Waals surface area (Å²) in [6.45, 7) is 2.08. The molecule has 0 bridgehead atoms. The van der Waals surface area contributed by atoms with Gasteiger partial charge >= 0.3 is 5.97 Å². The Kier molecular flexibility index (Phi) is 2.91. The van der Waals surface area contributed by atoms with Gasteiger partial charge in [-0.15, -0.1) is 0 Å². The molecule has 0 radical (unpaired) electrons. The van der Waals surface area contributed by atoms with E-state index in [1.54, 1.807) is 0 Å². The van der Waals surface area contributed by atoms with Gasteiger partial charge in [0, 0.05) is 6.08 Å². The maximum Gasteiger partial charge on any atom is 0.328 e. The van der Waals surface area contributed by atoms with E-state index in [0.29, 0.717) is 0 Å². The lowest BCUT2D eigenvalue weighted by atomic mass is 10.0. The van der Waals surface area contributed by atoms with E-state index in [-0.39, 0.29) is 0 Å². The Bertz CT molecular complexity index is 481. The highest BCUT2D eigenvalue weighted by molar-refractivity contribution is 5.84. The maximum atomic E-state index is 10.6. The number of hydrogen-bond acceptors (Lipinski definition) is 1. The summed E-state index contributed by atoms with van der Waals surface area (Å²) in [6, 6.07) is 8.20. The molecule has 0 atom stereocenters. The van der Waals surface area contributed by atoms with E-state index in [0.717, 1.165) is 18.4 Å². The van der Waals surface area contributed by atoms with Crippen LogP contribution in [-0.4, -0.2) is 11.1 Å². The van der Waals surface area contributed by atoms with Crippen LogP contribution in [0.3, 0.4) is 0 Å². The Morgan fingerprint density at radius 2 is 2.06 bits per heavy atom. The number of carbonyl (C=O) groups is 1. The monoisotopic (exact) mass is 214 g/mol. The summed E-state index contributed by atoms with van der Waals surface area (Å²) in [7, 11) is 0. The number of aryl methyl sites for hydroxylation is 1. The molecule has 0 fully saturated rings. The van der Waals surface area contributed by atoms with Gasteiger partial charge < -0.3 is 5.11 Å². The third-order valence-corrected chi connectivity index (χ3v) is 2.84. The van der Waals surface area contributed by atoms with Gasteiger partial charge in [-0.1, -0.05) is 30.3 Å². The zero-order chi connectivity index (χ0) is 11.5. The summed E-state index contributed by atoms with van der Waals surface area (Å²) in [5.41, 5.74) is 4.62. The van der Waals surface area contributed by atoms with E-state index in [2.05, 4.69) is 19.1 Å². The molecule has 1 aliphatic rings. The molecule has 16 heavy (non-hydrogen) atoms. The summed E-state index contributed by atoms with van der Waals surface area (Å²) in [5.74, 6) is -0.864. The average molecular weight is 214 g/mol. The molecular formula is C14H14O2. The fraction of sp³-hybridized carbons (Fsp3) is 0.214. The first-order valence-electron chi connectivity index (χ1n) is 5.37. The van der Waals surface area contributed by atoms with Crippen molar-refractivity contribution in [2.75, 3.05) is 0 Å². The highest BCUT2D eigenvalue weighted by Crippen LogP contribution is 2.32. The zero-order valence-electron chi connectivity index (χ0n) is 9.23. The van der Waals surface area contributed by atoms with Crippen molar-refractivity contribution in [1.29, 1.82) is 0 Å². The van der Waals surface area contributed by atoms with Gasteiger partial charge in [0.05, 0.1) is 0 Å².